The summed E-state index contributed by atoms with van der Waals surface area (Å²) in [6.45, 7) is 2.02. The molecular formula is C8H7IN2O. The molecule has 0 aliphatic rings. The average molecular weight is 274 g/mol. The van der Waals surface area contributed by atoms with Gasteiger partial charge in [-0.3, -0.25) is 0 Å². The predicted molar refractivity (Wildman–Crippen MR) is 56.4 cm³/mol. The second-order valence-electron chi connectivity index (χ2n) is 2.70. The minimum Gasteiger partial charge on any atom is -0.306 e. The van der Waals surface area contributed by atoms with Crippen molar-refractivity contribution in [2.75, 3.05) is 0 Å². The maximum atomic E-state index is 10.9. The SMILES string of the molecule is Cc1ccc2[nH]c(=O)[nH]c2c1I. The summed E-state index contributed by atoms with van der Waals surface area (Å²) in [5.41, 5.74) is 2.81. The molecule has 2 N–H and O–H groups in total. The number of fused-ring (bicyclic) bond motifs is 1. The highest BCUT2D eigenvalue weighted by Gasteiger charge is 2.03. The monoisotopic (exact) mass is 274 g/mol. The van der Waals surface area contributed by atoms with Crippen molar-refractivity contribution < 1.29 is 0 Å². The van der Waals surface area contributed by atoms with Crippen LogP contribution in [0, 0.1) is 10.5 Å². The molecule has 0 saturated carbocycles. The fraction of sp³-hybridized carbons (Fsp3) is 0.125. The first kappa shape index (κ1) is 7.85. The number of hydrogen-bond acceptors (Lipinski definition) is 1. The van der Waals surface area contributed by atoms with Crippen LogP contribution in [0.15, 0.2) is 16.9 Å². The fourth-order valence-corrected chi connectivity index (χ4v) is 1.78. The number of aryl methyl sites for hydroxylation is 1. The molecule has 2 aromatic rings. The summed E-state index contributed by atoms with van der Waals surface area (Å²) in [7, 11) is 0. The summed E-state index contributed by atoms with van der Waals surface area (Å²) >= 11 is 2.23. The van der Waals surface area contributed by atoms with E-state index in [-0.39, 0.29) is 5.69 Å². The van der Waals surface area contributed by atoms with E-state index in [4.69, 9.17) is 0 Å². The minimum atomic E-state index is -0.145. The Labute approximate surface area is 82.3 Å². The van der Waals surface area contributed by atoms with E-state index in [9.17, 15) is 4.79 Å². The molecular weight excluding hydrogens is 267 g/mol. The largest absolute Gasteiger partial charge is 0.323 e. The third kappa shape index (κ3) is 1.06. The number of benzene rings is 1. The molecule has 0 unspecified atom stereocenters. The zero-order valence-corrected chi connectivity index (χ0v) is 8.60. The number of hydrogen-bond donors (Lipinski definition) is 2. The van der Waals surface area contributed by atoms with Gasteiger partial charge in [-0.25, -0.2) is 4.79 Å². The molecule has 0 fully saturated rings. The van der Waals surface area contributed by atoms with Gasteiger partial charge in [-0.1, -0.05) is 6.07 Å². The van der Waals surface area contributed by atoms with Crippen LogP contribution in [0.5, 0.6) is 0 Å². The highest BCUT2D eigenvalue weighted by atomic mass is 127. The van der Waals surface area contributed by atoms with Gasteiger partial charge in [0.05, 0.1) is 11.0 Å². The van der Waals surface area contributed by atoms with Crippen molar-refractivity contribution in [3.8, 4) is 0 Å². The first-order valence-electron chi connectivity index (χ1n) is 3.55. The molecule has 1 aromatic carbocycles. The second-order valence-corrected chi connectivity index (χ2v) is 3.78. The lowest BCUT2D eigenvalue weighted by Gasteiger charge is -1.96. The van der Waals surface area contributed by atoms with Gasteiger partial charge in [-0.15, -0.1) is 0 Å². The highest BCUT2D eigenvalue weighted by molar-refractivity contribution is 14.1. The van der Waals surface area contributed by atoms with E-state index in [1.807, 2.05) is 19.1 Å². The molecule has 0 aliphatic carbocycles. The van der Waals surface area contributed by atoms with E-state index in [2.05, 4.69) is 32.6 Å². The number of aromatic nitrogens is 2. The summed E-state index contributed by atoms with van der Waals surface area (Å²) in [5, 5.41) is 0. The second kappa shape index (κ2) is 2.62. The standard InChI is InChI=1S/C8H7IN2O/c1-4-2-3-5-7(6(4)9)11-8(12)10-5/h2-3H,1H3,(H2,10,11,12). The van der Waals surface area contributed by atoms with Gasteiger partial charge < -0.3 is 9.97 Å². The molecule has 4 heteroatoms. The van der Waals surface area contributed by atoms with Gasteiger partial charge in [0.1, 0.15) is 0 Å². The molecule has 0 saturated heterocycles. The quantitative estimate of drug-likeness (QED) is 0.707. The third-order valence-electron chi connectivity index (χ3n) is 1.82. The van der Waals surface area contributed by atoms with Crippen LogP contribution >= 0.6 is 22.6 Å². The van der Waals surface area contributed by atoms with Crippen molar-refractivity contribution in [3.63, 3.8) is 0 Å². The van der Waals surface area contributed by atoms with Gasteiger partial charge >= 0.3 is 5.69 Å². The Morgan fingerprint density at radius 2 is 2.08 bits per heavy atom. The van der Waals surface area contributed by atoms with Gasteiger partial charge in [-0.05, 0) is 41.1 Å². The van der Waals surface area contributed by atoms with Crippen molar-refractivity contribution in [2.24, 2.45) is 0 Å². The van der Waals surface area contributed by atoms with E-state index in [1.165, 1.54) is 5.56 Å². The molecule has 12 heavy (non-hydrogen) atoms. The maximum Gasteiger partial charge on any atom is 0.323 e. The third-order valence-corrected chi connectivity index (χ3v) is 3.21. The van der Waals surface area contributed by atoms with E-state index >= 15 is 0 Å². The highest BCUT2D eigenvalue weighted by Crippen LogP contribution is 2.19. The molecule has 3 nitrogen and oxygen atoms in total. The molecule has 1 heterocycles. The number of H-pyrrole nitrogens is 2. The van der Waals surface area contributed by atoms with Crippen LogP contribution < -0.4 is 5.69 Å². The Hall–Kier alpha value is -0.780. The van der Waals surface area contributed by atoms with Crippen molar-refractivity contribution in [2.45, 2.75) is 6.92 Å². The molecule has 1 aromatic heterocycles. The molecule has 0 spiro atoms. The van der Waals surface area contributed by atoms with Crippen molar-refractivity contribution in [3.05, 3.63) is 31.8 Å². The van der Waals surface area contributed by atoms with E-state index in [0.717, 1.165) is 14.6 Å². The number of nitrogens with one attached hydrogen (secondary N) is 2. The molecule has 62 valence electrons. The molecule has 2 rings (SSSR count). The lowest BCUT2D eigenvalue weighted by Crippen LogP contribution is -1.99. The van der Waals surface area contributed by atoms with Crippen LogP contribution in [0.1, 0.15) is 5.56 Å². The van der Waals surface area contributed by atoms with Gasteiger partial charge in [0.25, 0.3) is 0 Å². The Kier molecular flexibility index (Phi) is 1.71. The lowest BCUT2D eigenvalue weighted by atomic mass is 10.2. The minimum absolute atomic E-state index is 0.145. The lowest BCUT2D eigenvalue weighted by molar-refractivity contribution is 1.21. The molecule has 0 bridgehead atoms. The number of imidazole rings is 1. The van der Waals surface area contributed by atoms with Crippen molar-refractivity contribution >= 4 is 33.6 Å². The zero-order chi connectivity index (χ0) is 8.72. The van der Waals surface area contributed by atoms with Gasteiger partial charge in [0.2, 0.25) is 0 Å². The summed E-state index contributed by atoms with van der Waals surface area (Å²) in [5.74, 6) is 0. The smallest absolute Gasteiger partial charge is 0.306 e. The maximum absolute atomic E-state index is 10.9. The molecule has 0 amide bonds. The Balaban J connectivity index is 2.99. The van der Waals surface area contributed by atoms with E-state index < -0.39 is 0 Å². The summed E-state index contributed by atoms with van der Waals surface area (Å²) in [4.78, 5) is 16.4. The van der Waals surface area contributed by atoms with Crippen LogP contribution in [-0.4, -0.2) is 9.97 Å². The summed E-state index contributed by atoms with van der Waals surface area (Å²) < 4.78 is 1.10. The van der Waals surface area contributed by atoms with Crippen LogP contribution in [0.4, 0.5) is 0 Å². The Bertz CT molecular complexity index is 483. The number of aromatic amines is 2. The van der Waals surface area contributed by atoms with Crippen LogP contribution in [0.3, 0.4) is 0 Å². The summed E-state index contributed by atoms with van der Waals surface area (Å²) in [6.07, 6.45) is 0. The Morgan fingerprint density at radius 1 is 1.33 bits per heavy atom. The van der Waals surface area contributed by atoms with E-state index in [1.54, 1.807) is 0 Å². The summed E-state index contributed by atoms with van der Waals surface area (Å²) in [6, 6.07) is 3.90. The van der Waals surface area contributed by atoms with Crippen molar-refractivity contribution in [1.29, 1.82) is 0 Å². The first-order valence-corrected chi connectivity index (χ1v) is 4.63. The first-order chi connectivity index (χ1) is 5.68. The topological polar surface area (TPSA) is 48.6 Å². The van der Waals surface area contributed by atoms with Gasteiger partial charge in [0, 0.05) is 3.57 Å². The van der Waals surface area contributed by atoms with Gasteiger partial charge in [-0.2, -0.15) is 0 Å². The van der Waals surface area contributed by atoms with E-state index in [0.29, 0.717) is 0 Å². The van der Waals surface area contributed by atoms with Crippen molar-refractivity contribution in [1.82, 2.24) is 9.97 Å². The van der Waals surface area contributed by atoms with Crippen LogP contribution in [0.2, 0.25) is 0 Å². The molecule has 0 atom stereocenters. The number of halogens is 1. The normalized spacial score (nSPS) is 10.8. The predicted octanol–water partition coefficient (Wildman–Crippen LogP) is 1.77. The van der Waals surface area contributed by atoms with Crippen LogP contribution in [0.25, 0.3) is 11.0 Å². The Morgan fingerprint density at radius 3 is 2.83 bits per heavy atom. The molecule has 0 radical (unpaired) electrons. The number of rotatable bonds is 0. The van der Waals surface area contributed by atoms with Crippen LogP contribution in [-0.2, 0) is 0 Å². The zero-order valence-electron chi connectivity index (χ0n) is 6.44. The average Bonchev–Trinajstić information content (AvgIpc) is 2.39. The fourth-order valence-electron chi connectivity index (χ4n) is 1.17. The van der Waals surface area contributed by atoms with Gasteiger partial charge in [0.15, 0.2) is 0 Å². The molecule has 0 aliphatic heterocycles.